The zero-order valence-electron chi connectivity index (χ0n) is 8.31. The number of hydrogen-bond donors (Lipinski definition) is 3. The number of carbonyl (C=O) groups excluding carboxylic acids is 2. The van der Waals surface area contributed by atoms with Crippen molar-refractivity contribution in [2.24, 2.45) is 0 Å². The summed E-state index contributed by atoms with van der Waals surface area (Å²) in [6, 6.07) is 0.0437. The number of likely N-dealkylation sites (N-methyl/N-ethyl adjacent to an activating group) is 1. The fourth-order valence-corrected chi connectivity index (χ4v) is 0.889. The molecule has 0 saturated heterocycles. The highest BCUT2D eigenvalue weighted by atomic mass is 16.2. The molecule has 76 valence electrons. The molecule has 0 bridgehead atoms. The first-order chi connectivity index (χ1) is 6.06. The molecule has 0 unspecified atom stereocenters. The summed E-state index contributed by atoms with van der Waals surface area (Å²) in [5.41, 5.74) is 0. The molecule has 0 rings (SSSR count). The lowest BCUT2D eigenvalue weighted by molar-refractivity contribution is -0.119. The van der Waals surface area contributed by atoms with Crippen molar-refractivity contribution in [1.82, 2.24) is 16.0 Å². The van der Waals surface area contributed by atoms with Crippen LogP contribution in [0.1, 0.15) is 13.8 Å². The number of amides is 2. The number of hydrogen-bond acceptors (Lipinski definition) is 3. The molecule has 0 fully saturated rings. The topological polar surface area (TPSA) is 70.2 Å². The van der Waals surface area contributed by atoms with E-state index in [0.29, 0.717) is 6.54 Å². The third kappa shape index (κ3) is 7.27. The van der Waals surface area contributed by atoms with Crippen LogP contribution in [0.15, 0.2) is 0 Å². The second-order valence-corrected chi connectivity index (χ2v) is 2.91. The zero-order valence-corrected chi connectivity index (χ0v) is 8.31. The lowest BCUT2D eigenvalue weighted by atomic mass is 10.3. The molecule has 0 aliphatic heterocycles. The highest BCUT2D eigenvalue weighted by Gasteiger charge is 2.03. The van der Waals surface area contributed by atoms with Crippen molar-refractivity contribution in [3.63, 3.8) is 0 Å². The minimum absolute atomic E-state index is 0.0437. The molecular weight excluding hydrogens is 170 g/mol. The highest BCUT2D eigenvalue weighted by Crippen LogP contribution is 1.77. The molecule has 5 heteroatoms. The maximum atomic E-state index is 10.8. The summed E-state index contributed by atoms with van der Waals surface area (Å²) in [6.45, 7) is 4.21. The first kappa shape index (κ1) is 11.9. The summed E-state index contributed by atoms with van der Waals surface area (Å²) in [5, 5.41) is 8.11. The van der Waals surface area contributed by atoms with Gasteiger partial charge in [-0.05, 0) is 6.92 Å². The van der Waals surface area contributed by atoms with E-state index in [2.05, 4.69) is 16.0 Å². The molecule has 0 aromatic rings. The first-order valence-corrected chi connectivity index (χ1v) is 4.24. The third-order valence-corrected chi connectivity index (χ3v) is 1.46. The largest absolute Gasteiger partial charge is 0.358 e. The molecule has 0 aromatic heterocycles. The van der Waals surface area contributed by atoms with E-state index in [-0.39, 0.29) is 24.4 Å². The number of rotatable bonds is 5. The Morgan fingerprint density at radius 3 is 2.46 bits per heavy atom. The van der Waals surface area contributed by atoms with Crippen LogP contribution in [0.3, 0.4) is 0 Å². The Morgan fingerprint density at radius 1 is 1.38 bits per heavy atom. The molecule has 13 heavy (non-hydrogen) atoms. The summed E-state index contributed by atoms with van der Waals surface area (Å²) in [5.74, 6) is -0.121. The quantitative estimate of drug-likeness (QED) is 0.509. The van der Waals surface area contributed by atoms with Gasteiger partial charge in [0.15, 0.2) is 0 Å². The molecule has 0 aromatic carbocycles. The van der Waals surface area contributed by atoms with Gasteiger partial charge in [0, 0.05) is 26.6 Å². The zero-order chi connectivity index (χ0) is 10.3. The van der Waals surface area contributed by atoms with Crippen LogP contribution in [0.4, 0.5) is 0 Å². The Hall–Kier alpha value is -1.10. The third-order valence-electron chi connectivity index (χ3n) is 1.46. The minimum atomic E-state index is -0.0609. The van der Waals surface area contributed by atoms with Crippen molar-refractivity contribution in [3.8, 4) is 0 Å². The van der Waals surface area contributed by atoms with E-state index >= 15 is 0 Å². The molecule has 0 heterocycles. The van der Waals surface area contributed by atoms with Crippen LogP contribution in [0, 0.1) is 0 Å². The van der Waals surface area contributed by atoms with Crippen molar-refractivity contribution in [1.29, 1.82) is 0 Å². The fraction of sp³-hybridized carbons (Fsp3) is 0.750. The average molecular weight is 187 g/mol. The molecule has 0 aliphatic rings. The Morgan fingerprint density at radius 2 is 2.00 bits per heavy atom. The van der Waals surface area contributed by atoms with E-state index in [4.69, 9.17) is 0 Å². The van der Waals surface area contributed by atoms with Crippen molar-refractivity contribution >= 4 is 11.8 Å². The van der Waals surface area contributed by atoms with Gasteiger partial charge < -0.3 is 16.0 Å². The Bertz CT molecular complexity index is 182. The van der Waals surface area contributed by atoms with Gasteiger partial charge in [-0.3, -0.25) is 9.59 Å². The Kier molecular flexibility index (Phi) is 5.88. The standard InChI is InChI=1S/C8H17N3O2/c1-6(11-7(2)12)4-10-5-8(13)9-3/h6,10H,4-5H2,1-3H3,(H,9,13)(H,11,12)/t6-/m0/s1. The SMILES string of the molecule is CNC(=O)CNC[C@H](C)NC(C)=O. The summed E-state index contributed by atoms with van der Waals surface area (Å²) >= 11 is 0. The molecule has 0 spiro atoms. The van der Waals surface area contributed by atoms with E-state index in [1.807, 2.05) is 6.92 Å². The lowest BCUT2D eigenvalue weighted by Crippen LogP contribution is -2.41. The smallest absolute Gasteiger partial charge is 0.233 e. The van der Waals surface area contributed by atoms with Gasteiger partial charge in [-0.2, -0.15) is 0 Å². The predicted octanol–water partition coefficient (Wildman–Crippen LogP) is -1.15. The van der Waals surface area contributed by atoms with E-state index in [1.165, 1.54) is 6.92 Å². The lowest BCUT2D eigenvalue weighted by Gasteiger charge is -2.12. The second kappa shape index (κ2) is 6.42. The van der Waals surface area contributed by atoms with Crippen LogP contribution in [-0.4, -0.2) is 38.0 Å². The van der Waals surface area contributed by atoms with Crippen molar-refractivity contribution < 1.29 is 9.59 Å². The summed E-state index contributed by atoms with van der Waals surface area (Å²) in [4.78, 5) is 21.3. The minimum Gasteiger partial charge on any atom is -0.358 e. The maximum Gasteiger partial charge on any atom is 0.233 e. The van der Waals surface area contributed by atoms with E-state index in [1.54, 1.807) is 7.05 Å². The van der Waals surface area contributed by atoms with Crippen LogP contribution < -0.4 is 16.0 Å². The van der Waals surface area contributed by atoms with Gasteiger partial charge in [0.25, 0.3) is 0 Å². The number of nitrogens with one attached hydrogen (secondary N) is 3. The summed E-state index contributed by atoms with van der Waals surface area (Å²) in [7, 11) is 1.58. The molecule has 1 atom stereocenters. The average Bonchev–Trinajstić information content (AvgIpc) is 2.02. The molecule has 0 radical (unpaired) electrons. The van der Waals surface area contributed by atoms with E-state index in [0.717, 1.165) is 0 Å². The van der Waals surface area contributed by atoms with Crippen LogP contribution in [0.25, 0.3) is 0 Å². The van der Waals surface area contributed by atoms with Gasteiger partial charge >= 0.3 is 0 Å². The van der Waals surface area contributed by atoms with Crippen molar-refractivity contribution in [2.45, 2.75) is 19.9 Å². The van der Waals surface area contributed by atoms with Gasteiger partial charge in [-0.15, -0.1) is 0 Å². The second-order valence-electron chi connectivity index (χ2n) is 2.91. The molecule has 0 aliphatic carbocycles. The molecule has 0 saturated carbocycles. The van der Waals surface area contributed by atoms with Crippen LogP contribution in [0.5, 0.6) is 0 Å². The highest BCUT2D eigenvalue weighted by molar-refractivity contribution is 5.77. The van der Waals surface area contributed by atoms with Gasteiger partial charge in [-0.1, -0.05) is 0 Å². The van der Waals surface area contributed by atoms with Gasteiger partial charge in [-0.25, -0.2) is 0 Å². The predicted molar refractivity (Wildman–Crippen MR) is 50.2 cm³/mol. The monoisotopic (exact) mass is 187 g/mol. The van der Waals surface area contributed by atoms with Gasteiger partial charge in [0.05, 0.1) is 6.54 Å². The van der Waals surface area contributed by atoms with Crippen molar-refractivity contribution in [3.05, 3.63) is 0 Å². The summed E-state index contributed by atoms with van der Waals surface area (Å²) in [6.07, 6.45) is 0. The molecule has 5 nitrogen and oxygen atoms in total. The van der Waals surface area contributed by atoms with E-state index < -0.39 is 0 Å². The van der Waals surface area contributed by atoms with Crippen LogP contribution >= 0.6 is 0 Å². The first-order valence-electron chi connectivity index (χ1n) is 4.24. The normalized spacial score (nSPS) is 11.9. The van der Waals surface area contributed by atoms with Gasteiger partial charge in [0.2, 0.25) is 11.8 Å². The van der Waals surface area contributed by atoms with Crippen molar-refractivity contribution in [2.75, 3.05) is 20.1 Å². The Labute approximate surface area is 78.3 Å². The number of carbonyl (C=O) groups is 2. The van der Waals surface area contributed by atoms with E-state index in [9.17, 15) is 9.59 Å². The van der Waals surface area contributed by atoms with Crippen LogP contribution in [0.2, 0.25) is 0 Å². The Balaban J connectivity index is 3.42. The molecular formula is C8H17N3O2. The summed E-state index contributed by atoms with van der Waals surface area (Å²) < 4.78 is 0. The molecule has 3 N–H and O–H groups in total. The fourth-order valence-electron chi connectivity index (χ4n) is 0.889. The van der Waals surface area contributed by atoms with Gasteiger partial charge in [0.1, 0.15) is 0 Å². The van der Waals surface area contributed by atoms with Crippen LogP contribution in [-0.2, 0) is 9.59 Å². The maximum absolute atomic E-state index is 10.8. The molecule has 2 amide bonds.